The number of aryl methyl sites for hydroxylation is 2. The summed E-state index contributed by atoms with van der Waals surface area (Å²) < 4.78 is 7.68. The molecular weight excluding hydrogens is 497 g/mol. The minimum Gasteiger partial charge on any atom is -0.370 e. The third-order valence-corrected chi connectivity index (χ3v) is 4.58. The summed E-state index contributed by atoms with van der Waals surface area (Å²) in [6.07, 6.45) is 5.79. The molecule has 0 aromatic carbocycles. The Morgan fingerprint density at radius 1 is 1.37 bits per heavy atom. The first kappa shape index (κ1) is 24.1. The first-order valence-corrected chi connectivity index (χ1v) is 9.91. The molecule has 1 atom stereocenters. The Hall–Kier alpha value is -2.21. The van der Waals surface area contributed by atoms with Gasteiger partial charge in [0.05, 0.1) is 25.9 Å². The van der Waals surface area contributed by atoms with Crippen molar-refractivity contribution in [1.82, 2.24) is 25.0 Å². The topological polar surface area (TPSA) is 96.7 Å². The lowest BCUT2D eigenvalue weighted by Crippen LogP contribution is -2.48. The van der Waals surface area contributed by atoms with Gasteiger partial charge in [-0.2, -0.15) is 5.10 Å². The fourth-order valence-corrected chi connectivity index (χ4v) is 3.09. The summed E-state index contributed by atoms with van der Waals surface area (Å²) in [4.78, 5) is 23.2. The molecule has 0 radical (unpaired) electrons. The van der Waals surface area contributed by atoms with Crippen LogP contribution in [0.15, 0.2) is 35.7 Å². The number of carbonyl (C=O) groups is 1. The quantitative estimate of drug-likeness (QED) is 0.340. The fraction of sp³-hybridized carbons (Fsp3) is 0.500. The standard InChI is InChI=1S/C20H29N7O2.HI/c1-4-21-20(22-8-7-19(28)25-18-6-5-15(2)11-23-18)27-9-10-29-17(14-27)16-12-24-26(3)13-16;/h5-6,11-13,17H,4,7-10,14H2,1-3H3,(H,21,22)(H,23,25,28);1H. The molecule has 0 aliphatic carbocycles. The van der Waals surface area contributed by atoms with Crippen LogP contribution in [-0.2, 0) is 16.6 Å². The van der Waals surface area contributed by atoms with Gasteiger partial charge in [-0.3, -0.25) is 14.5 Å². The van der Waals surface area contributed by atoms with Crippen molar-refractivity contribution in [3.8, 4) is 0 Å². The van der Waals surface area contributed by atoms with Crippen LogP contribution < -0.4 is 10.6 Å². The van der Waals surface area contributed by atoms with E-state index in [1.54, 1.807) is 16.9 Å². The molecule has 0 bridgehead atoms. The van der Waals surface area contributed by atoms with Gasteiger partial charge >= 0.3 is 0 Å². The Labute approximate surface area is 194 Å². The molecule has 2 aromatic heterocycles. The summed E-state index contributed by atoms with van der Waals surface area (Å²) in [7, 11) is 1.90. The van der Waals surface area contributed by atoms with Crippen LogP contribution in [0.1, 0.15) is 30.6 Å². The van der Waals surface area contributed by atoms with Crippen molar-refractivity contribution in [1.29, 1.82) is 0 Å². The smallest absolute Gasteiger partial charge is 0.227 e. The molecule has 2 N–H and O–H groups in total. The molecule has 0 saturated carbocycles. The van der Waals surface area contributed by atoms with E-state index in [0.717, 1.165) is 30.2 Å². The Balaban J connectivity index is 0.00000320. The molecule has 1 aliphatic heterocycles. The molecule has 0 spiro atoms. The van der Waals surface area contributed by atoms with Crippen LogP contribution in [0.25, 0.3) is 0 Å². The monoisotopic (exact) mass is 527 g/mol. The molecule has 2 aromatic rings. The molecule has 1 fully saturated rings. The van der Waals surface area contributed by atoms with Gasteiger partial charge in [-0.05, 0) is 25.5 Å². The highest BCUT2D eigenvalue weighted by Gasteiger charge is 2.25. The first-order chi connectivity index (χ1) is 14.0. The van der Waals surface area contributed by atoms with Crippen LogP contribution >= 0.6 is 24.0 Å². The van der Waals surface area contributed by atoms with E-state index in [4.69, 9.17) is 4.74 Å². The second-order valence-electron chi connectivity index (χ2n) is 7.01. The number of morpholine rings is 1. The number of anilines is 1. The molecule has 3 rings (SSSR count). The SMILES string of the molecule is CCNC(=NCCC(=O)Nc1ccc(C)cn1)N1CCOC(c2cnn(C)c2)C1.I. The number of pyridine rings is 1. The third-order valence-electron chi connectivity index (χ3n) is 4.58. The minimum atomic E-state index is -0.101. The zero-order chi connectivity index (χ0) is 20.6. The van der Waals surface area contributed by atoms with Gasteiger partial charge in [0.1, 0.15) is 11.9 Å². The molecule has 3 heterocycles. The maximum Gasteiger partial charge on any atom is 0.227 e. The van der Waals surface area contributed by atoms with Crippen molar-refractivity contribution in [2.45, 2.75) is 26.4 Å². The molecular formula is C20H30IN7O2. The first-order valence-electron chi connectivity index (χ1n) is 9.91. The van der Waals surface area contributed by atoms with E-state index in [1.807, 2.05) is 39.4 Å². The third kappa shape index (κ3) is 6.94. The number of ether oxygens (including phenoxy) is 1. The number of rotatable bonds is 6. The predicted octanol–water partition coefficient (Wildman–Crippen LogP) is 2.11. The Kier molecular flexibility index (Phi) is 9.50. The van der Waals surface area contributed by atoms with Crippen molar-refractivity contribution < 1.29 is 9.53 Å². The number of hydrogen-bond donors (Lipinski definition) is 2. The number of amides is 1. The van der Waals surface area contributed by atoms with E-state index < -0.39 is 0 Å². The summed E-state index contributed by atoms with van der Waals surface area (Å²) in [6, 6.07) is 3.72. The largest absolute Gasteiger partial charge is 0.370 e. The molecule has 1 aliphatic rings. The highest BCUT2D eigenvalue weighted by atomic mass is 127. The maximum atomic E-state index is 12.2. The molecule has 10 heteroatoms. The van der Waals surface area contributed by atoms with Crippen molar-refractivity contribution >= 4 is 41.7 Å². The second-order valence-corrected chi connectivity index (χ2v) is 7.01. The van der Waals surface area contributed by atoms with Crippen molar-refractivity contribution in [3.63, 3.8) is 0 Å². The van der Waals surface area contributed by atoms with Crippen molar-refractivity contribution in [3.05, 3.63) is 41.9 Å². The number of nitrogens with zero attached hydrogens (tertiary/aromatic N) is 5. The van der Waals surface area contributed by atoms with Crippen molar-refractivity contribution in [2.75, 3.05) is 38.1 Å². The number of guanidine groups is 1. The molecule has 1 amide bonds. The van der Waals surface area contributed by atoms with E-state index in [1.165, 1.54) is 0 Å². The lowest BCUT2D eigenvalue weighted by molar-refractivity contribution is -0.116. The van der Waals surface area contributed by atoms with Crippen LogP contribution in [-0.4, -0.2) is 64.3 Å². The second kappa shape index (κ2) is 11.8. The zero-order valence-corrected chi connectivity index (χ0v) is 20.0. The number of nitrogens with one attached hydrogen (secondary N) is 2. The number of aromatic nitrogens is 3. The normalized spacial score (nSPS) is 16.7. The Morgan fingerprint density at radius 2 is 2.20 bits per heavy atom. The summed E-state index contributed by atoms with van der Waals surface area (Å²) in [5.74, 6) is 1.26. The van der Waals surface area contributed by atoms with Gasteiger partial charge in [0.15, 0.2) is 5.96 Å². The van der Waals surface area contributed by atoms with E-state index in [2.05, 4.69) is 30.6 Å². The maximum absolute atomic E-state index is 12.2. The van der Waals surface area contributed by atoms with Crippen LogP contribution in [0.4, 0.5) is 5.82 Å². The lowest BCUT2D eigenvalue weighted by atomic mass is 10.1. The van der Waals surface area contributed by atoms with Gasteiger partial charge in [-0.15, -0.1) is 24.0 Å². The van der Waals surface area contributed by atoms with Gasteiger partial charge in [0.25, 0.3) is 0 Å². The average molecular weight is 527 g/mol. The summed E-state index contributed by atoms with van der Waals surface area (Å²) in [5.41, 5.74) is 2.11. The number of aliphatic imine (C=N–C) groups is 1. The van der Waals surface area contributed by atoms with Crippen LogP contribution in [0, 0.1) is 6.92 Å². The molecule has 30 heavy (non-hydrogen) atoms. The van der Waals surface area contributed by atoms with Crippen LogP contribution in [0.3, 0.4) is 0 Å². The molecule has 1 saturated heterocycles. The Bertz CT molecular complexity index is 838. The Morgan fingerprint density at radius 3 is 2.87 bits per heavy atom. The van der Waals surface area contributed by atoms with E-state index in [0.29, 0.717) is 31.9 Å². The predicted molar refractivity (Wildman–Crippen MR) is 127 cm³/mol. The highest BCUT2D eigenvalue weighted by molar-refractivity contribution is 14.0. The van der Waals surface area contributed by atoms with Crippen molar-refractivity contribution in [2.24, 2.45) is 12.0 Å². The van der Waals surface area contributed by atoms with Gasteiger partial charge in [-0.25, -0.2) is 4.98 Å². The number of carbonyl (C=O) groups excluding carboxylic acids is 1. The lowest BCUT2D eigenvalue weighted by Gasteiger charge is -2.34. The molecule has 9 nitrogen and oxygen atoms in total. The van der Waals surface area contributed by atoms with Crippen LogP contribution in [0.5, 0.6) is 0 Å². The average Bonchev–Trinajstić information content (AvgIpc) is 3.16. The van der Waals surface area contributed by atoms with Gasteiger partial charge in [-0.1, -0.05) is 6.07 Å². The van der Waals surface area contributed by atoms with Crippen LogP contribution in [0.2, 0.25) is 0 Å². The van der Waals surface area contributed by atoms with E-state index in [9.17, 15) is 4.79 Å². The van der Waals surface area contributed by atoms with Gasteiger partial charge in [0.2, 0.25) is 5.91 Å². The number of hydrogen-bond acceptors (Lipinski definition) is 5. The summed E-state index contributed by atoms with van der Waals surface area (Å²) in [6.45, 7) is 7.20. The molecule has 1 unspecified atom stereocenters. The zero-order valence-electron chi connectivity index (χ0n) is 17.7. The molecule has 164 valence electrons. The summed E-state index contributed by atoms with van der Waals surface area (Å²) >= 11 is 0. The van der Waals surface area contributed by atoms with E-state index >= 15 is 0 Å². The number of halogens is 1. The highest BCUT2D eigenvalue weighted by Crippen LogP contribution is 2.21. The minimum absolute atomic E-state index is 0. The summed E-state index contributed by atoms with van der Waals surface area (Å²) in [5, 5.41) is 10.3. The van der Waals surface area contributed by atoms with Gasteiger partial charge < -0.3 is 20.3 Å². The van der Waals surface area contributed by atoms with E-state index in [-0.39, 0.29) is 36.0 Å². The fourth-order valence-electron chi connectivity index (χ4n) is 3.09. The van der Waals surface area contributed by atoms with Gasteiger partial charge in [0, 0.05) is 44.5 Å².